The molecule has 1 amide bonds. The molecule has 9 nitrogen and oxygen atoms in total. The maximum absolute atomic E-state index is 13.7. The molecule has 2 aromatic heterocycles. The molecule has 0 radical (unpaired) electrons. The number of nitrogens with one attached hydrogen (secondary N) is 1. The molecule has 0 fully saturated rings. The highest BCUT2D eigenvalue weighted by molar-refractivity contribution is 5.92. The van der Waals surface area contributed by atoms with Crippen LogP contribution in [0, 0.1) is 11.6 Å². The van der Waals surface area contributed by atoms with Gasteiger partial charge in [0.25, 0.3) is 17.4 Å². The van der Waals surface area contributed by atoms with Crippen LogP contribution in [0.5, 0.6) is 0 Å². The van der Waals surface area contributed by atoms with Crippen molar-refractivity contribution >= 4 is 5.91 Å². The summed E-state index contributed by atoms with van der Waals surface area (Å²) in [5.74, 6) is -2.89. The summed E-state index contributed by atoms with van der Waals surface area (Å²) in [6.07, 6.45) is 0. The quantitative estimate of drug-likeness (QED) is 0.702. The number of hydrogen-bond acceptors (Lipinski definition) is 6. The van der Waals surface area contributed by atoms with Gasteiger partial charge in [0, 0.05) is 20.2 Å². The Morgan fingerprint density at radius 2 is 1.85 bits per heavy atom. The second-order valence-corrected chi connectivity index (χ2v) is 5.56. The second-order valence-electron chi connectivity index (χ2n) is 5.56. The molecule has 3 aromatic rings. The summed E-state index contributed by atoms with van der Waals surface area (Å²) >= 11 is 0. The summed E-state index contributed by atoms with van der Waals surface area (Å²) in [5.41, 5.74) is -1.94. The molecular weight excluding hydrogens is 364 g/mol. The third kappa shape index (κ3) is 3.38. The minimum Gasteiger partial charge on any atom is -0.343 e. The smallest absolute Gasteiger partial charge is 0.331 e. The molecule has 0 aliphatic heterocycles. The van der Waals surface area contributed by atoms with Crippen molar-refractivity contribution in [1.29, 1.82) is 0 Å². The van der Waals surface area contributed by atoms with Gasteiger partial charge in [-0.15, -0.1) is 0 Å². The van der Waals surface area contributed by atoms with Crippen molar-refractivity contribution in [2.24, 2.45) is 14.1 Å². The molecule has 0 aliphatic carbocycles. The van der Waals surface area contributed by atoms with Crippen LogP contribution in [0.15, 0.2) is 38.4 Å². The van der Waals surface area contributed by atoms with Gasteiger partial charge < -0.3 is 9.84 Å². The first-order valence-corrected chi connectivity index (χ1v) is 7.62. The zero-order chi connectivity index (χ0) is 19.7. The monoisotopic (exact) mass is 377 g/mol. The van der Waals surface area contributed by atoms with Gasteiger partial charge >= 0.3 is 5.69 Å². The Balaban J connectivity index is 1.79. The van der Waals surface area contributed by atoms with Crippen LogP contribution in [-0.2, 0) is 20.6 Å². The molecular formula is C16H13F2N5O4. The maximum Gasteiger partial charge on any atom is 0.331 e. The normalized spacial score (nSPS) is 10.8. The van der Waals surface area contributed by atoms with Crippen LogP contribution in [0.25, 0.3) is 11.5 Å². The summed E-state index contributed by atoms with van der Waals surface area (Å²) in [5, 5.41) is 5.95. The van der Waals surface area contributed by atoms with Crippen molar-refractivity contribution in [2.75, 3.05) is 0 Å². The van der Waals surface area contributed by atoms with Crippen LogP contribution in [0.3, 0.4) is 0 Å². The first kappa shape index (κ1) is 18.2. The summed E-state index contributed by atoms with van der Waals surface area (Å²) in [7, 11) is 2.62. The predicted molar refractivity (Wildman–Crippen MR) is 87.7 cm³/mol. The zero-order valence-corrected chi connectivity index (χ0v) is 14.2. The molecule has 0 aliphatic rings. The first-order valence-electron chi connectivity index (χ1n) is 7.62. The van der Waals surface area contributed by atoms with Crippen LogP contribution in [0.1, 0.15) is 16.3 Å². The van der Waals surface area contributed by atoms with Gasteiger partial charge in [0.05, 0.1) is 6.54 Å². The van der Waals surface area contributed by atoms with Crippen LogP contribution >= 0.6 is 0 Å². The van der Waals surface area contributed by atoms with Crippen LogP contribution < -0.4 is 16.6 Å². The van der Waals surface area contributed by atoms with Crippen molar-refractivity contribution in [3.8, 4) is 11.5 Å². The molecule has 0 saturated carbocycles. The molecule has 27 heavy (non-hydrogen) atoms. The van der Waals surface area contributed by atoms with Crippen molar-refractivity contribution in [1.82, 2.24) is 24.6 Å². The molecule has 3 rings (SSSR count). The SMILES string of the molecule is Cn1c(C(=O)NCc2noc(-c3c(F)cccc3F)n2)cc(=O)n(C)c1=O. The van der Waals surface area contributed by atoms with Gasteiger partial charge in [-0.05, 0) is 12.1 Å². The topological polar surface area (TPSA) is 112 Å². The van der Waals surface area contributed by atoms with E-state index in [0.717, 1.165) is 27.3 Å². The van der Waals surface area contributed by atoms with Gasteiger partial charge in [0.1, 0.15) is 22.9 Å². The minimum atomic E-state index is -0.871. The number of carbonyl (C=O) groups is 1. The van der Waals surface area contributed by atoms with E-state index in [-0.39, 0.29) is 24.0 Å². The number of benzene rings is 1. The molecule has 0 atom stereocenters. The number of hydrogen-bond donors (Lipinski definition) is 1. The number of amides is 1. The van der Waals surface area contributed by atoms with Gasteiger partial charge in [0.2, 0.25) is 0 Å². The van der Waals surface area contributed by atoms with Crippen LogP contribution in [0.2, 0.25) is 0 Å². The number of aromatic nitrogens is 4. The molecule has 2 heterocycles. The molecule has 0 unspecified atom stereocenters. The third-order valence-corrected chi connectivity index (χ3v) is 3.81. The Kier molecular flexibility index (Phi) is 4.67. The van der Waals surface area contributed by atoms with Gasteiger partial charge in [0.15, 0.2) is 5.82 Å². The van der Waals surface area contributed by atoms with Gasteiger partial charge in [-0.3, -0.25) is 18.7 Å². The highest BCUT2D eigenvalue weighted by Gasteiger charge is 2.19. The van der Waals surface area contributed by atoms with Gasteiger partial charge in [-0.1, -0.05) is 11.2 Å². The average molecular weight is 377 g/mol. The second kappa shape index (κ2) is 6.94. The predicted octanol–water partition coefficient (Wildman–Crippen LogP) is 0.342. The summed E-state index contributed by atoms with van der Waals surface area (Å²) in [6, 6.07) is 4.29. The Morgan fingerprint density at radius 1 is 1.19 bits per heavy atom. The van der Waals surface area contributed by atoms with E-state index in [1.165, 1.54) is 20.2 Å². The standard InChI is InChI=1S/C16H13F2N5O4/c1-22-10(6-12(24)23(2)16(22)26)14(25)19-7-11-20-15(27-21-11)13-8(17)4-3-5-9(13)18/h3-6H,7H2,1-2H3,(H,19,25). The highest BCUT2D eigenvalue weighted by Crippen LogP contribution is 2.24. The molecule has 11 heteroatoms. The van der Waals surface area contributed by atoms with E-state index in [9.17, 15) is 23.2 Å². The highest BCUT2D eigenvalue weighted by atomic mass is 19.1. The minimum absolute atomic E-state index is 0.0464. The maximum atomic E-state index is 13.7. The fourth-order valence-corrected chi connectivity index (χ4v) is 2.33. The van der Waals surface area contributed by atoms with E-state index in [2.05, 4.69) is 15.5 Å². The first-order chi connectivity index (χ1) is 12.8. The average Bonchev–Trinajstić information content (AvgIpc) is 3.09. The summed E-state index contributed by atoms with van der Waals surface area (Å²) in [4.78, 5) is 39.6. The fourth-order valence-electron chi connectivity index (χ4n) is 2.33. The molecule has 140 valence electrons. The fraction of sp³-hybridized carbons (Fsp3) is 0.188. The lowest BCUT2D eigenvalue weighted by Crippen LogP contribution is -2.41. The van der Waals surface area contributed by atoms with E-state index in [4.69, 9.17) is 4.52 Å². The molecule has 0 spiro atoms. The lowest BCUT2D eigenvalue weighted by atomic mass is 10.2. The zero-order valence-electron chi connectivity index (χ0n) is 14.2. The molecule has 0 saturated heterocycles. The summed E-state index contributed by atoms with van der Waals surface area (Å²) in [6.45, 7) is -0.248. The van der Waals surface area contributed by atoms with Gasteiger partial charge in [-0.2, -0.15) is 4.98 Å². The largest absolute Gasteiger partial charge is 0.343 e. The number of carbonyl (C=O) groups excluding carboxylic acids is 1. The lowest BCUT2D eigenvalue weighted by Gasteiger charge is -2.08. The number of rotatable bonds is 4. The molecule has 1 N–H and O–H groups in total. The Hall–Kier alpha value is -3.63. The van der Waals surface area contributed by atoms with Crippen molar-refractivity contribution in [3.63, 3.8) is 0 Å². The Bertz CT molecular complexity index is 1130. The van der Waals surface area contributed by atoms with E-state index in [0.29, 0.717) is 0 Å². The Labute approximate surface area is 149 Å². The van der Waals surface area contributed by atoms with Crippen molar-refractivity contribution in [3.05, 3.63) is 68.3 Å². The van der Waals surface area contributed by atoms with Crippen LogP contribution in [-0.4, -0.2) is 25.2 Å². The van der Waals surface area contributed by atoms with Crippen molar-refractivity contribution < 1.29 is 18.1 Å². The van der Waals surface area contributed by atoms with Gasteiger partial charge in [-0.25, -0.2) is 13.6 Å². The van der Waals surface area contributed by atoms with E-state index >= 15 is 0 Å². The number of halogens is 2. The van der Waals surface area contributed by atoms with Crippen LogP contribution in [0.4, 0.5) is 8.78 Å². The molecule has 0 bridgehead atoms. The lowest BCUT2D eigenvalue weighted by molar-refractivity contribution is 0.0939. The molecule has 1 aromatic carbocycles. The van der Waals surface area contributed by atoms with E-state index in [1.807, 2.05) is 0 Å². The number of nitrogens with zero attached hydrogens (tertiary/aromatic N) is 4. The third-order valence-electron chi connectivity index (χ3n) is 3.81. The summed E-state index contributed by atoms with van der Waals surface area (Å²) < 4.78 is 34.2. The van der Waals surface area contributed by atoms with Crippen molar-refractivity contribution in [2.45, 2.75) is 6.54 Å². The Morgan fingerprint density at radius 3 is 2.52 bits per heavy atom. The van der Waals surface area contributed by atoms with E-state index in [1.54, 1.807) is 0 Å². The van der Waals surface area contributed by atoms with E-state index < -0.39 is 34.4 Å².